The average Bonchev–Trinajstić information content (AvgIpc) is 2.22. The van der Waals surface area contributed by atoms with Crippen LogP contribution in [0, 0.1) is 6.92 Å². The molecule has 0 spiro atoms. The standard InChI is InChI=1S/C14H20BrNO/c1-10-4-5-11(15)8-13(10)16-12-6-7-17-14(2,3)9-12/h4-5,8,12,16H,6-7,9H2,1-3H3. The molecule has 1 N–H and O–H groups in total. The first-order chi connectivity index (χ1) is 7.96. The number of halogens is 1. The lowest BCUT2D eigenvalue weighted by molar-refractivity contribution is -0.0553. The highest BCUT2D eigenvalue weighted by Crippen LogP contribution is 2.28. The molecular weight excluding hydrogens is 278 g/mol. The van der Waals surface area contributed by atoms with Gasteiger partial charge in [0.2, 0.25) is 0 Å². The van der Waals surface area contributed by atoms with E-state index < -0.39 is 0 Å². The van der Waals surface area contributed by atoms with E-state index in [1.165, 1.54) is 11.3 Å². The Bertz CT molecular complexity index is 403. The minimum Gasteiger partial charge on any atom is -0.382 e. The molecule has 0 aliphatic carbocycles. The zero-order valence-corrected chi connectivity index (χ0v) is 12.3. The number of aryl methyl sites for hydroxylation is 1. The Hall–Kier alpha value is -0.540. The fraction of sp³-hybridized carbons (Fsp3) is 0.571. The summed E-state index contributed by atoms with van der Waals surface area (Å²) in [6, 6.07) is 6.87. The lowest BCUT2D eigenvalue weighted by atomic mass is 9.93. The van der Waals surface area contributed by atoms with E-state index in [2.05, 4.69) is 60.2 Å². The van der Waals surface area contributed by atoms with Gasteiger partial charge in [0.05, 0.1) is 5.60 Å². The number of hydrogen-bond acceptors (Lipinski definition) is 2. The predicted octanol–water partition coefficient (Wildman–Crippen LogP) is 4.13. The number of rotatable bonds is 2. The molecule has 1 atom stereocenters. The van der Waals surface area contributed by atoms with E-state index >= 15 is 0 Å². The van der Waals surface area contributed by atoms with E-state index in [4.69, 9.17) is 4.74 Å². The Morgan fingerprint density at radius 2 is 2.18 bits per heavy atom. The van der Waals surface area contributed by atoms with Crippen molar-refractivity contribution < 1.29 is 4.74 Å². The summed E-state index contributed by atoms with van der Waals surface area (Å²) in [6.45, 7) is 7.31. The Balaban J connectivity index is 2.07. The van der Waals surface area contributed by atoms with Gasteiger partial charge in [0.25, 0.3) is 0 Å². The van der Waals surface area contributed by atoms with Gasteiger partial charge in [-0.15, -0.1) is 0 Å². The van der Waals surface area contributed by atoms with Gasteiger partial charge in [-0.05, 0) is 51.3 Å². The van der Waals surface area contributed by atoms with Gasteiger partial charge in [0.15, 0.2) is 0 Å². The molecule has 1 aromatic rings. The van der Waals surface area contributed by atoms with Crippen LogP contribution in [0.1, 0.15) is 32.3 Å². The second-order valence-corrected chi connectivity index (χ2v) is 6.32. The summed E-state index contributed by atoms with van der Waals surface area (Å²) in [4.78, 5) is 0. The monoisotopic (exact) mass is 297 g/mol. The maximum absolute atomic E-state index is 5.74. The van der Waals surface area contributed by atoms with Gasteiger partial charge in [-0.1, -0.05) is 22.0 Å². The van der Waals surface area contributed by atoms with Crippen LogP contribution in [0.2, 0.25) is 0 Å². The largest absolute Gasteiger partial charge is 0.382 e. The molecule has 2 nitrogen and oxygen atoms in total. The molecule has 0 amide bonds. The molecule has 94 valence electrons. The molecule has 0 saturated carbocycles. The van der Waals surface area contributed by atoms with E-state index in [0.29, 0.717) is 6.04 Å². The highest BCUT2D eigenvalue weighted by Gasteiger charge is 2.28. The van der Waals surface area contributed by atoms with Crippen LogP contribution in [0.25, 0.3) is 0 Å². The molecule has 1 unspecified atom stereocenters. The highest BCUT2D eigenvalue weighted by atomic mass is 79.9. The van der Waals surface area contributed by atoms with Crippen LogP contribution in [-0.2, 0) is 4.74 Å². The molecule has 17 heavy (non-hydrogen) atoms. The maximum Gasteiger partial charge on any atom is 0.0646 e. The van der Waals surface area contributed by atoms with Crippen molar-refractivity contribution in [1.29, 1.82) is 0 Å². The Morgan fingerprint density at radius 3 is 2.88 bits per heavy atom. The van der Waals surface area contributed by atoms with Crippen LogP contribution >= 0.6 is 15.9 Å². The molecule has 0 bridgehead atoms. The number of ether oxygens (including phenoxy) is 1. The van der Waals surface area contributed by atoms with Crippen LogP contribution in [0.4, 0.5) is 5.69 Å². The van der Waals surface area contributed by atoms with E-state index in [1.54, 1.807) is 0 Å². The van der Waals surface area contributed by atoms with Gasteiger partial charge >= 0.3 is 0 Å². The summed E-state index contributed by atoms with van der Waals surface area (Å²) in [5.41, 5.74) is 2.51. The van der Waals surface area contributed by atoms with Gasteiger partial charge in [-0.2, -0.15) is 0 Å². The summed E-state index contributed by atoms with van der Waals surface area (Å²) in [5.74, 6) is 0. The molecule has 1 aromatic carbocycles. The zero-order valence-electron chi connectivity index (χ0n) is 10.7. The third kappa shape index (κ3) is 3.46. The van der Waals surface area contributed by atoms with Gasteiger partial charge in [-0.3, -0.25) is 0 Å². The van der Waals surface area contributed by atoms with Crippen molar-refractivity contribution >= 4 is 21.6 Å². The SMILES string of the molecule is Cc1ccc(Br)cc1NC1CCOC(C)(C)C1. The summed E-state index contributed by atoms with van der Waals surface area (Å²) < 4.78 is 6.86. The van der Waals surface area contributed by atoms with E-state index in [-0.39, 0.29) is 5.60 Å². The van der Waals surface area contributed by atoms with Crippen LogP contribution in [0.15, 0.2) is 22.7 Å². The smallest absolute Gasteiger partial charge is 0.0646 e. The fourth-order valence-corrected chi connectivity index (χ4v) is 2.69. The molecule has 1 heterocycles. The van der Waals surface area contributed by atoms with Gasteiger partial charge in [0.1, 0.15) is 0 Å². The van der Waals surface area contributed by atoms with Crippen molar-refractivity contribution in [3.8, 4) is 0 Å². The molecule has 1 aliphatic rings. The van der Waals surface area contributed by atoms with Crippen molar-refractivity contribution in [3.05, 3.63) is 28.2 Å². The lowest BCUT2D eigenvalue weighted by Gasteiger charge is -2.36. The molecule has 2 rings (SSSR count). The molecule has 3 heteroatoms. The van der Waals surface area contributed by atoms with Crippen LogP contribution < -0.4 is 5.32 Å². The molecule has 1 saturated heterocycles. The maximum atomic E-state index is 5.74. The van der Waals surface area contributed by atoms with Crippen LogP contribution in [-0.4, -0.2) is 18.2 Å². The number of anilines is 1. The fourth-order valence-electron chi connectivity index (χ4n) is 2.32. The first-order valence-corrected chi connectivity index (χ1v) is 6.92. The van der Waals surface area contributed by atoms with E-state index in [9.17, 15) is 0 Å². The molecule has 1 fully saturated rings. The Kier molecular flexibility index (Phi) is 3.79. The van der Waals surface area contributed by atoms with Crippen LogP contribution in [0.5, 0.6) is 0 Å². The molecular formula is C14H20BrNO. The van der Waals surface area contributed by atoms with E-state index in [1.807, 2.05) is 0 Å². The lowest BCUT2D eigenvalue weighted by Crippen LogP contribution is -2.40. The summed E-state index contributed by atoms with van der Waals surface area (Å²) in [6.07, 6.45) is 2.13. The minimum atomic E-state index is -0.00413. The highest BCUT2D eigenvalue weighted by molar-refractivity contribution is 9.10. The van der Waals surface area contributed by atoms with Crippen molar-refractivity contribution in [2.75, 3.05) is 11.9 Å². The molecule has 0 aromatic heterocycles. The van der Waals surface area contributed by atoms with Crippen molar-refractivity contribution in [2.45, 2.75) is 45.3 Å². The predicted molar refractivity (Wildman–Crippen MR) is 75.6 cm³/mol. The summed E-state index contributed by atoms with van der Waals surface area (Å²) >= 11 is 3.52. The Morgan fingerprint density at radius 1 is 1.41 bits per heavy atom. The number of hydrogen-bond donors (Lipinski definition) is 1. The normalized spacial score (nSPS) is 23.4. The van der Waals surface area contributed by atoms with E-state index in [0.717, 1.165) is 23.9 Å². The first kappa shape index (κ1) is 12.9. The van der Waals surface area contributed by atoms with Gasteiger partial charge in [0, 0.05) is 22.8 Å². The molecule has 1 aliphatic heterocycles. The topological polar surface area (TPSA) is 21.3 Å². The van der Waals surface area contributed by atoms with Gasteiger partial charge in [-0.25, -0.2) is 0 Å². The number of nitrogens with one attached hydrogen (secondary N) is 1. The first-order valence-electron chi connectivity index (χ1n) is 6.13. The van der Waals surface area contributed by atoms with Gasteiger partial charge < -0.3 is 10.1 Å². The third-order valence-electron chi connectivity index (χ3n) is 3.26. The number of benzene rings is 1. The second-order valence-electron chi connectivity index (χ2n) is 5.40. The minimum absolute atomic E-state index is 0.00413. The zero-order chi connectivity index (χ0) is 12.5. The van der Waals surface area contributed by atoms with Crippen molar-refractivity contribution in [3.63, 3.8) is 0 Å². The van der Waals surface area contributed by atoms with Crippen molar-refractivity contribution in [2.24, 2.45) is 0 Å². The molecule has 0 radical (unpaired) electrons. The van der Waals surface area contributed by atoms with Crippen LogP contribution in [0.3, 0.4) is 0 Å². The Labute approximate surface area is 112 Å². The van der Waals surface area contributed by atoms with Crippen molar-refractivity contribution in [1.82, 2.24) is 0 Å². The average molecular weight is 298 g/mol. The third-order valence-corrected chi connectivity index (χ3v) is 3.75. The summed E-state index contributed by atoms with van der Waals surface area (Å²) in [7, 11) is 0. The second kappa shape index (κ2) is 4.99. The quantitative estimate of drug-likeness (QED) is 0.886. The summed E-state index contributed by atoms with van der Waals surface area (Å²) in [5, 5.41) is 3.64.